The number of Topliss-reactive ketones (excluding diaryl/α,β-unsaturated/α-hetero) is 1. The lowest BCUT2D eigenvalue weighted by molar-refractivity contribution is 0.0874. The van der Waals surface area contributed by atoms with Crippen molar-refractivity contribution in [2.24, 2.45) is 5.92 Å². The van der Waals surface area contributed by atoms with Crippen LogP contribution in [0.1, 0.15) is 15.2 Å². The number of carbonyl (C=O) groups is 1. The fourth-order valence-electron chi connectivity index (χ4n) is 2.70. The Morgan fingerprint density at radius 1 is 1.04 bits per heavy atom. The van der Waals surface area contributed by atoms with Crippen LogP contribution in [-0.4, -0.2) is 56.9 Å². The van der Waals surface area contributed by atoms with Gasteiger partial charge in [0.1, 0.15) is 0 Å². The molecular weight excluding hydrogens is 351 g/mol. The van der Waals surface area contributed by atoms with Crippen LogP contribution in [0.15, 0.2) is 24.3 Å². The molecule has 2 rings (SSSR count). The Morgan fingerprint density at radius 2 is 1.57 bits per heavy atom. The molecule has 0 amide bonds. The number of ketones is 1. The van der Waals surface area contributed by atoms with Gasteiger partial charge in [0.05, 0.1) is 4.88 Å². The second kappa shape index (κ2) is 9.60. The summed E-state index contributed by atoms with van der Waals surface area (Å²) in [6.07, 6.45) is 0. The van der Waals surface area contributed by atoms with Gasteiger partial charge in [-0.3, -0.25) is 4.79 Å². The van der Waals surface area contributed by atoms with Crippen molar-refractivity contribution in [1.82, 2.24) is 9.80 Å². The van der Waals surface area contributed by atoms with Crippen molar-refractivity contribution in [3.63, 3.8) is 0 Å². The zero-order chi connectivity index (χ0) is 15.6. The highest BCUT2D eigenvalue weighted by Crippen LogP contribution is 2.32. The summed E-state index contributed by atoms with van der Waals surface area (Å²) in [6, 6.07) is 8.26. The van der Waals surface area contributed by atoms with Crippen molar-refractivity contribution >= 4 is 52.0 Å². The van der Waals surface area contributed by atoms with Gasteiger partial charge >= 0.3 is 0 Å². The Hall–Kier alpha value is -0.650. The minimum absolute atomic E-state index is 0. The highest BCUT2D eigenvalue weighted by Gasteiger charge is 2.25. The molecule has 0 aliphatic rings. The second-order valence-corrected chi connectivity index (χ2v) is 7.19. The Labute approximate surface area is 155 Å². The highest BCUT2D eigenvalue weighted by molar-refractivity contribution is 7.21. The fraction of sp³-hybridized carbons (Fsp3) is 0.471. The predicted octanol–water partition coefficient (Wildman–Crippen LogP) is 3.98. The first kappa shape index (κ1) is 22.4. The van der Waals surface area contributed by atoms with Crippen LogP contribution in [0.2, 0.25) is 0 Å². The van der Waals surface area contributed by atoms with Gasteiger partial charge in [0.25, 0.3) is 0 Å². The van der Waals surface area contributed by atoms with Gasteiger partial charge in [0, 0.05) is 23.7 Å². The predicted molar refractivity (Wildman–Crippen MR) is 106 cm³/mol. The van der Waals surface area contributed by atoms with E-state index in [1.807, 2.05) is 40.3 Å². The largest absolute Gasteiger partial charge is 0.309 e. The molecule has 0 aliphatic carbocycles. The quantitative estimate of drug-likeness (QED) is 0.712. The average Bonchev–Trinajstić information content (AvgIpc) is 2.74. The Morgan fingerprint density at radius 3 is 2.04 bits per heavy atom. The number of benzene rings is 1. The van der Waals surface area contributed by atoms with E-state index in [2.05, 4.69) is 28.9 Å². The molecule has 0 bridgehead atoms. The molecule has 0 aliphatic heterocycles. The fourth-order valence-corrected chi connectivity index (χ4v) is 3.93. The van der Waals surface area contributed by atoms with Crippen molar-refractivity contribution < 1.29 is 4.79 Å². The molecule has 0 radical (unpaired) electrons. The maximum Gasteiger partial charge on any atom is 0.178 e. The van der Waals surface area contributed by atoms with Crippen LogP contribution in [0, 0.1) is 12.8 Å². The minimum atomic E-state index is 0. The highest BCUT2D eigenvalue weighted by atomic mass is 35.5. The van der Waals surface area contributed by atoms with E-state index < -0.39 is 0 Å². The van der Waals surface area contributed by atoms with Crippen LogP contribution in [-0.2, 0) is 0 Å². The molecule has 0 unspecified atom stereocenters. The number of nitrogens with zero attached hydrogens (tertiary/aromatic N) is 2. The van der Waals surface area contributed by atoms with Gasteiger partial charge in [-0.1, -0.05) is 18.2 Å². The zero-order valence-corrected chi connectivity index (χ0v) is 16.8. The number of halogens is 2. The molecule has 2 aromatic rings. The topological polar surface area (TPSA) is 23.6 Å². The van der Waals surface area contributed by atoms with Crippen LogP contribution >= 0.6 is 36.2 Å². The smallest absolute Gasteiger partial charge is 0.178 e. The van der Waals surface area contributed by atoms with E-state index in [0.717, 1.165) is 23.5 Å². The first-order valence-electron chi connectivity index (χ1n) is 7.22. The summed E-state index contributed by atoms with van der Waals surface area (Å²) in [5.74, 6) is 0.290. The lowest BCUT2D eigenvalue weighted by Crippen LogP contribution is -2.35. The van der Waals surface area contributed by atoms with Gasteiger partial charge in [-0.15, -0.1) is 36.2 Å². The molecule has 0 spiro atoms. The molecule has 0 atom stereocenters. The third-order valence-electron chi connectivity index (χ3n) is 3.61. The summed E-state index contributed by atoms with van der Waals surface area (Å²) in [6.45, 7) is 3.63. The SMILES string of the molecule is Cc1c(C(=O)C(CN(C)C)CN(C)C)sc2ccccc12.Cl.Cl. The maximum absolute atomic E-state index is 13.0. The van der Waals surface area contributed by atoms with Crippen LogP contribution < -0.4 is 0 Å². The molecule has 0 saturated carbocycles. The number of rotatable bonds is 6. The third-order valence-corrected chi connectivity index (χ3v) is 4.90. The normalized spacial score (nSPS) is 11.0. The summed E-state index contributed by atoms with van der Waals surface area (Å²) in [5, 5.41) is 1.21. The summed E-state index contributed by atoms with van der Waals surface area (Å²) < 4.78 is 1.20. The number of fused-ring (bicyclic) bond motifs is 1. The number of aryl methyl sites for hydroxylation is 1. The molecule has 6 heteroatoms. The summed E-state index contributed by atoms with van der Waals surface area (Å²) in [5.41, 5.74) is 1.13. The molecule has 1 heterocycles. The Kier molecular flexibility index (Phi) is 9.33. The molecule has 130 valence electrons. The molecule has 23 heavy (non-hydrogen) atoms. The monoisotopic (exact) mass is 376 g/mol. The molecule has 0 saturated heterocycles. The molecule has 1 aromatic heterocycles. The van der Waals surface area contributed by atoms with E-state index in [9.17, 15) is 4.79 Å². The summed E-state index contributed by atoms with van der Waals surface area (Å²) in [4.78, 5) is 18.1. The van der Waals surface area contributed by atoms with E-state index >= 15 is 0 Å². The lowest BCUT2D eigenvalue weighted by Gasteiger charge is -2.23. The Bertz CT molecular complexity index is 631. The van der Waals surface area contributed by atoms with Gasteiger partial charge in [0.2, 0.25) is 0 Å². The van der Waals surface area contributed by atoms with E-state index in [1.165, 1.54) is 10.1 Å². The lowest BCUT2D eigenvalue weighted by atomic mass is 9.99. The maximum atomic E-state index is 13.0. The first-order valence-corrected chi connectivity index (χ1v) is 8.03. The van der Waals surface area contributed by atoms with Crippen LogP contribution in [0.5, 0.6) is 0 Å². The van der Waals surface area contributed by atoms with Gasteiger partial charge in [-0.2, -0.15) is 0 Å². The van der Waals surface area contributed by atoms with Crippen molar-refractivity contribution in [3.05, 3.63) is 34.7 Å². The number of carbonyl (C=O) groups excluding carboxylic acids is 1. The van der Waals surface area contributed by atoms with Crippen molar-refractivity contribution in [3.8, 4) is 0 Å². The zero-order valence-electron chi connectivity index (χ0n) is 14.3. The van der Waals surface area contributed by atoms with E-state index in [-0.39, 0.29) is 36.5 Å². The van der Waals surface area contributed by atoms with Gasteiger partial charge in [0.15, 0.2) is 5.78 Å². The van der Waals surface area contributed by atoms with E-state index in [1.54, 1.807) is 11.3 Å². The number of hydrogen-bond donors (Lipinski definition) is 0. The second-order valence-electron chi connectivity index (χ2n) is 6.14. The molecule has 3 nitrogen and oxygen atoms in total. The van der Waals surface area contributed by atoms with E-state index in [4.69, 9.17) is 0 Å². The van der Waals surface area contributed by atoms with Crippen LogP contribution in [0.4, 0.5) is 0 Å². The molecule has 0 fully saturated rings. The van der Waals surface area contributed by atoms with Gasteiger partial charge in [-0.05, 0) is 52.1 Å². The van der Waals surface area contributed by atoms with Gasteiger partial charge in [-0.25, -0.2) is 0 Å². The summed E-state index contributed by atoms with van der Waals surface area (Å²) >= 11 is 1.63. The third kappa shape index (κ3) is 5.44. The average molecular weight is 377 g/mol. The van der Waals surface area contributed by atoms with Crippen LogP contribution in [0.25, 0.3) is 10.1 Å². The standard InChI is InChI=1S/C17H24N2OS.2ClH/c1-12-14-8-6-7-9-15(14)21-17(12)16(20)13(10-18(2)3)11-19(4)5;;/h6-9,13H,10-11H2,1-5H3;2*1H. The number of thiophene rings is 1. The van der Waals surface area contributed by atoms with Crippen molar-refractivity contribution in [2.75, 3.05) is 41.3 Å². The van der Waals surface area contributed by atoms with Crippen molar-refractivity contribution in [2.45, 2.75) is 6.92 Å². The summed E-state index contributed by atoms with van der Waals surface area (Å²) in [7, 11) is 8.09. The Balaban J connectivity index is 0.00000242. The molecule has 0 N–H and O–H groups in total. The molecule has 1 aromatic carbocycles. The van der Waals surface area contributed by atoms with Gasteiger partial charge < -0.3 is 9.80 Å². The van der Waals surface area contributed by atoms with Crippen molar-refractivity contribution in [1.29, 1.82) is 0 Å². The first-order chi connectivity index (χ1) is 9.90. The van der Waals surface area contributed by atoms with E-state index in [0.29, 0.717) is 0 Å². The number of hydrogen-bond acceptors (Lipinski definition) is 4. The molecular formula is C17H26Cl2N2OS. The minimum Gasteiger partial charge on any atom is -0.309 e. The van der Waals surface area contributed by atoms with Crippen LogP contribution in [0.3, 0.4) is 0 Å².